The minimum atomic E-state index is -0.815. The smallest absolute Gasteiger partial charge is 0.305 e. The monoisotopic (exact) mass is 252 g/mol. The summed E-state index contributed by atoms with van der Waals surface area (Å²) in [7, 11) is 0. The molecule has 0 saturated heterocycles. The van der Waals surface area contributed by atoms with Crippen molar-refractivity contribution in [2.24, 2.45) is 0 Å². The molecule has 1 aromatic carbocycles. The number of nitrogens with one attached hydrogen (secondary N) is 1. The highest BCUT2D eigenvalue weighted by atomic mass is 19.1. The number of halogens is 1. The summed E-state index contributed by atoms with van der Waals surface area (Å²) < 4.78 is 13.1. The first-order valence-electron chi connectivity index (χ1n) is 5.65. The van der Waals surface area contributed by atoms with Crippen LogP contribution in [0.3, 0.4) is 0 Å². The molecule has 0 aliphatic rings. The second-order valence-electron chi connectivity index (χ2n) is 5.00. The number of benzene rings is 1. The van der Waals surface area contributed by atoms with Gasteiger partial charge in [-0.15, -0.1) is 0 Å². The number of nitro groups is 1. The van der Waals surface area contributed by atoms with Gasteiger partial charge in [0, 0.05) is 18.2 Å². The van der Waals surface area contributed by atoms with Crippen LogP contribution in [0.5, 0.6) is 0 Å². The minimum Gasteiger partial charge on any atom is -0.309 e. The molecule has 0 heterocycles. The zero-order valence-electron chi connectivity index (χ0n) is 10.7. The molecule has 0 amide bonds. The van der Waals surface area contributed by atoms with Gasteiger partial charge in [0.05, 0.1) is 4.92 Å². The molecule has 0 aromatic heterocycles. The van der Waals surface area contributed by atoms with E-state index in [-0.39, 0.29) is 5.54 Å². The van der Waals surface area contributed by atoms with Crippen LogP contribution in [0.4, 0.5) is 10.1 Å². The Kier molecular flexibility index (Phi) is 4.55. The van der Waals surface area contributed by atoms with E-state index >= 15 is 0 Å². The summed E-state index contributed by atoms with van der Waals surface area (Å²) >= 11 is 0. The van der Waals surface area contributed by atoms with Crippen LogP contribution in [0.15, 0.2) is 24.3 Å². The maximum Gasteiger partial charge on any atom is 0.305 e. The zero-order chi connectivity index (χ0) is 13.8. The third kappa shape index (κ3) is 4.63. The van der Waals surface area contributed by atoms with Gasteiger partial charge in [-0.25, -0.2) is 0 Å². The van der Waals surface area contributed by atoms with Crippen LogP contribution in [-0.2, 0) is 0 Å². The Balaban J connectivity index is 2.71. The predicted octanol–water partition coefficient (Wildman–Crippen LogP) is 3.14. The van der Waals surface area contributed by atoms with Gasteiger partial charge in [0.15, 0.2) is 0 Å². The van der Waals surface area contributed by atoms with Crippen molar-refractivity contribution in [1.82, 2.24) is 5.32 Å². The Morgan fingerprint density at radius 3 is 2.67 bits per heavy atom. The molecular formula is C13H17FN2O2. The van der Waals surface area contributed by atoms with Gasteiger partial charge < -0.3 is 5.32 Å². The summed E-state index contributed by atoms with van der Waals surface area (Å²) in [5, 5.41) is 13.8. The quantitative estimate of drug-likeness (QED) is 0.661. The van der Waals surface area contributed by atoms with E-state index in [1.807, 2.05) is 26.8 Å². The second-order valence-corrected chi connectivity index (χ2v) is 5.00. The van der Waals surface area contributed by atoms with Crippen molar-refractivity contribution < 1.29 is 9.31 Å². The molecule has 0 atom stereocenters. The van der Waals surface area contributed by atoms with Crippen molar-refractivity contribution in [3.05, 3.63) is 45.8 Å². The lowest BCUT2D eigenvalue weighted by atomic mass is 10.1. The van der Waals surface area contributed by atoms with E-state index in [0.29, 0.717) is 12.1 Å². The van der Waals surface area contributed by atoms with Crippen LogP contribution in [0.2, 0.25) is 0 Å². The highest BCUT2D eigenvalue weighted by molar-refractivity contribution is 5.54. The third-order valence-electron chi connectivity index (χ3n) is 2.23. The van der Waals surface area contributed by atoms with Crippen molar-refractivity contribution in [2.75, 3.05) is 6.54 Å². The summed E-state index contributed by atoms with van der Waals surface area (Å²) in [6.45, 7) is 6.78. The Bertz CT molecular complexity index is 465. The molecule has 4 nitrogen and oxygen atoms in total. The summed E-state index contributed by atoms with van der Waals surface area (Å²) in [6, 6.07) is 3.84. The van der Waals surface area contributed by atoms with Gasteiger partial charge in [-0.2, -0.15) is 4.39 Å². The highest BCUT2D eigenvalue weighted by Crippen LogP contribution is 2.19. The van der Waals surface area contributed by atoms with Gasteiger partial charge in [0.1, 0.15) is 0 Å². The van der Waals surface area contributed by atoms with Crippen molar-refractivity contribution in [3.63, 3.8) is 0 Å². The largest absolute Gasteiger partial charge is 0.309 e. The van der Waals surface area contributed by atoms with Crippen molar-refractivity contribution in [3.8, 4) is 0 Å². The summed E-state index contributed by atoms with van der Waals surface area (Å²) in [6.07, 6.45) is 3.58. The molecule has 0 aliphatic heterocycles. The van der Waals surface area contributed by atoms with Gasteiger partial charge in [-0.1, -0.05) is 18.2 Å². The fourth-order valence-electron chi connectivity index (χ4n) is 1.33. The summed E-state index contributed by atoms with van der Waals surface area (Å²) in [5.74, 6) is -0.815. The molecule has 0 aliphatic carbocycles. The number of rotatable bonds is 4. The molecule has 0 fully saturated rings. The van der Waals surface area contributed by atoms with Crippen LogP contribution < -0.4 is 5.32 Å². The fourth-order valence-corrected chi connectivity index (χ4v) is 1.33. The molecule has 1 rings (SSSR count). The van der Waals surface area contributed by atoms with E-state index in [4.69, 9.17) is 0 Å². The number of hydrogen-bond acceptors (Lipinski definition) is 3. The molecular weight excluding hydrogens is 235 g/mol. The average Bonchev–Trinajstić information content (AvgIpc) is 2.24. The zero-order valence-corrected chi connectivity index (χ0v) is 10.7. The van der Waals surface area contributed by atoms with Crippen LogP contribution >= 0.6 is 0 Å². The second kappa shape index (κ2) is 5.73. The van der Waals surface area contributed by atoms with E-state index in [2.05, 4.69) is 5.32 Å². The molecule has 0 spiro atoms. The maximum atomic E-state index is 13.1. The first-order valence-corrected chi connectivity index (χ1v) is 5.65. The van der Waals surface area contributed by atoms with Crippen LogP contribution in [-0.4, -0.2) is 17.0 Å². The lowest BCUT2D eigenvalue weighted by Gasteiger charge is -2.18. The predicted molar refractivity (Wildman–Crippen MR) is 69.8 cm³/mol. The molecule has 1 aromatic rings. The Labute approximate surface area is 106 Å². The Morgan fingerprint density at radius 2 is 2.11 bits per heavy atom. The minimum absolute atomic E-state index is 0.0130. The van der Waals surface area contributed by atoms with Crippen molar-refractivity contribution in [1.29, 1.82) is 0 Å². The lowest BCUT2D eigenvalue weighted by Crippen LogP contribution is -2.35. The maximum absolute atomic E-state index is 13.1. The highest BCUT2D eigenvalue weighted by Gasteiger charge is 2.13. The molecule has 0 bridgehead atoms. The normalized spacial score (nSPS) is 12.0. The van der Waals surface area contributed by atoms with Crippen molar-refractivity contribution in [2.45, 2.75) is 26.3 Å². The number of hydrogen-bond donors (Lipinski definition) is 1. The molecule has 98 valence electrons. The lowest BCUT2D eigenvalue weighted by molar-refractivity contribution is -0.387. The molecule has 0 saturated carbocycles. The molecule has 5 heteroatoms. The van der Waals surface area contributed by atoms with Gasteiger partial charge in [0.2, 0.25) is 5.82 Å². The first kappa shape index (κ1) is 14.3. The average molecular weight is 252 g/mol. The van der Waals surface area contributed by atoms with Gasteiger partial charge in [-0.3, -0.25) is 10.1 Å². The van der Waals surface area contributed by atoms with E-state index in [1.54, 1.807) is 6.08 Å². The van der Waals surface area contributed by atoms with E-state index < -0.39 is 16.4 Å². The Hall–Kier alpha value is -1.75. The SMILES string of the molecule is CC(C)(C)NC/C=C/c1ccc(F)c([N+](=O)[O-])c1. The van der Waals surface area contributed by atoms with Gasteiger partial charge in [-0.05, 0) is 32.4 Å². The first-order chi connectivity index (χ1) is 8.29. The van der Waals surface area contributed by atoms with E-state index in [0.717, 1.165) is 6.07 Å². The Morgan fingerprint density at radius 1 is 1.44 bits per heavy atom. The topological polar surface area (TPSA) is 55.2 Å². The van der Waals surface area contributed by atoms with Crippen LogP contribution in [0.1, 0.15) is 26.3 Å². The standard InChI is InChI=1S/C13H17FN2O2/c1-13(2,3)15-8-4-5-10-6-7-11(14)12(9-10)16(17)18/h4-7,9,15H,8H2,1-3H3/b5-4+. The summed E-state index contributed by atoms with van der Waals surface area (Å²) in [4.78, 5) is 9.84. The van der Waals surface area contributed by atoms with E-state index in [9.17, 15) is 14.5 Å². The number of nitrogens with zero attached hydrogens (tertiary/aromatic N) is 1. The van der Waals surface area contributed by atoms with E-state index in [1.165, 1.54) is 12.1 Å². The van der Waals surface area contributed by atoms with Crippen LogP contribution in [0.25, 0.3) is 6.08 Å². The van der Waals surface area contributed by atoms with Gasteiger partial charge >= 0.3 is 5.69 Å². The van der Waals surface area contributed by atoms with Crippen molar-refractivity contribution >= 4 is 11.8 Å². The number of nitro benzene ring substituents is 1. The van der Waals surface area contributed by atoms with Crippen LogP contribution in [0, 0.1) is 15.9 Å². The molecule has 0 unspecified atom stereocenters. The fraction of sp³-hybridized carbons (Fsp3) is 0.385. The van der Waals surface area contributed by atoms with Gasteiger partial charge in [0.25, 0.3) is 0 Å². The molecule has 0 radical (unpaired) electrons. The summed E-state index contributed by atoms with van der Waals surface area (Å²) in [5.41, 5.74) is 0.124. The molecule has 18 heavy (non-hydrogen) atoms. The third-order valence-corrected chi connectivity index (χ3v) is 2.23. The molecule has 1 N–H and O–H groups in total.